The number of anilines is 1. The molecule has 0 radical (unpaired) electrons. The molecule has 1 heterocycles. The van der Waals surface area contributed by atoms with Gasteiger partial charge < -0.3 is 9.73 Å². The van der Waals surface area contributed by atoms with Crippen LogP contribution in [0.1, 0.15) is 25.2 Å². The van der Waals surface area contributed by atoms with Gasteiger partial charge in [-0.2, -0.15) is 11.8 Å². The molecular formula is C10H18ClN3OS. The Kier molecular flexibility index (Phi) is 7.42. The van der Waals surface area contributed by atoms with E-state index in [1.54, 1.807) is 0 Å². The summed E-state index contributed by atoms with van der Waals surface area (Å²) >= 11 is 7.46. The van der Waals surface area contributed by atoms with E-state index in [-0.39, 0.29) is 0 Å². The van der Waals surface area contributed by atoms with Gasteiger partial charge in [0.2, 0.25) is 5.89 Å². The normalized spacial score (nSPS) is 10.6. The molecule has 1 rings (SSSR count). The number of unbranched alkanes of at least 4 members (excludes halogenated alkanes) is 2. The molecule has 0 aliphatic heterocycles. The summed E-state index contributed by atoms with van der Waals surface area (Å²) < 4.78 is 5.33. The van der Waals surface area contributed by atoms with Crippen LogP contribution in [0.25, 0.3) is 0 Å². The van der Waals surface area contributed by atoms with Crippen LogP contribution >= 0.6 is 23.4 Å². The molecule has 0 amide bonds. The van der Waals surface area contributed by atoms with Gasteiger partial charge in [-0.3, -0.25) is 0 Å². The highest BCUT2D eigenvalue weighted by Crippen LogP contribution is 2.07. The number of hydrogen-bond acceptors (Lipinski definition) is 5. The van der Waals surface area contributed by atoms with Crippen LogP contribution in [0.5, 0.6) is 0 Å². The van der Waals surface area contributed by atoms with Crippen LogP contribution in [-0.2, 0) is 6.42 Å². The number of halogens is 1. The van der Waals surface area contributed by atoms with E-state index in [1.165, 1.54) is 18.6 Å². The number of aryl methyl sites for hydroxylation is 1. The maximum Gasteiger partial charge on any atom is 0.315 e. The fourth-order valence-electron chi connectivity index (χ4n) is 1.25. The third-order valence-corrected chi connectivity index (χ3v) is 2.96. The first kappa shape index (κ1) is 13.6. The largest absolute Gasteiger partial charge is 0.408 e. The van der Waals surface area contributed by atoms with Gasteiger partial charge in [0.15, 0.2) is 0 Å². The molecule has 0 saturated carbocycles. The van der Waals surface area contributed by atoms with Gasteiger partial charge in [-0.05, 0) is 24.9 Å². The predicted molar refractivity (Wildman–Crippen MR) is 69.4 cm³/mol. The fourth-order valence-corrected chi connectivity index (χ4v) is 1.90. The highest BCUT2D eigenvalue weighted by atomic mass is 35.5. The van der Waals surface area contributed by atoms with E-state index >= 15 is 0 Å². The van der Waals surface area contributed by atoms with Crippen molar-refractivity contribution in [1.29, 1.82) is 0 Å². The number of alkyl halides is 1. The molecule has 0 aliphatic carbocycles. The number of thioether (sulfide) groups is 1. The van der Waals surface area contributed by atoms with E-state index < -0.39 is 0 Å². The van der Waals surface area contributed by atoms with Crippen molar-refractivity contribution in [2.75, 3.05) is 29.8 Å². The maximum absolute atomic E-state index is 5.57. The fraction of sp³-hybridized carbons (Fsp3) is 0.800. The minimum absolute atomic E-state index is 0.505. The molecule has 0 saturated heterocycles. The van der Waals surface area contributed by atoms with E-state index in [2.05, 4.69) is 21.8 Å². The van der Waals surface area contributed by atoms with Gasteiger partial charge in [0.05, 0.1) is 0 Å². The second-order valence-corrected chi connectivity index (χ2v) is 4.78. The SMILES string of the molecule is CSCCCCCNc1nnc(CCCl)o1. The van der Waals surface area contributed by atoms with Crippen molar-refractivity contribution < 1.29 is 4.42 Å². The zero-order valence-electron chi connectivity index (χ0n) is 9.54. The highest BCUT2D eigenvalue weighted by Gasteiger charge is 2.03. The summed E-state index contributed by atoms with van der Waals surface area (Å²) in [6.07, 6.45) is 6.40. The lowest BCUT2D eigenvalue weighted by molar-refractivity contribution is 0.511. The predicted octanol–water partition coefficient (Wildman–Crippen LogP) is 2.80. The van der Waals surface area contributed by atoms with E-state index in [4.69, 9.17) is 16.0 Å². The average molecular weight is 264 g/mol. The van der Waals surface area contributed by atoms with E-state index in [0.717, 1.165) is 13.0 Å². The first-order valence-corrected chi connectivity index (χ1v) is 7.41. The zero-order chi connectivity index (χ0) is 11.6. The molecule has 4 nitrogen and oxygen atoms in total. The summed E-state index contributed by atoms with van der Waals surface area (Å²) in [5.74, 6) is 2.34. The number of nitrogens with one attached hydrogen (secondary N) is 1. The molecule has 0 unspecified atom stereocenters. The van der Waals surface area contributed by atoms with Crippen LogP contribution in [0.4, 0.5) is 6.01 Å². The van der Waals surface area contributed by atoms with Crippen molar-refractivity contribution in [2.45, 2.75) is 25.7 Å². The molecule has 16 heavy (non-hydrogen) atoms. The first-order valence-electron chi connectivity index (χ1n) is 5.48. The minimum atomic E-state index is 0.505. The van der Waals surface area contributed by atoms with Crippen molar-refractivity contribution in [2.24, 2.45) is 0 Å². The highest BCUT2D eigenvalue weighted by molar-refractivity contribution is 7.98. The Balaban J connectivity index is 2.07. The molecule has 1 N–H and O–H groups in total. The van der Waals surface area contributed by atoms with Gasteiger partial charge in [0.25, 0.3) is 0 Å². The van der Waals surface area contributed by atoms with Gasteiger partial charge in [-0.25, -0.2) is 0 Å². The Bertz CT molecular complexity index is 283. The van der Waals surface area contributed by atoms with Gasteiger partial charge in [-0.1, -0.05) is 11.5 Å². The summed E-state index contributed by atoms with van der Waals surface area (Å²) in [6.45, 7) is 0.886. The smallest absolute Gasteiger partial charge is 0.315 e. The van der Waals surface area contributed by atoms with E-state index in [0.29, 0.717) is 24.2 Å². The molecule has 0 fully saturated rings. The quantitative estimate of drug-likeness (QED) is 0.548. The van der Waals surface area contributed by atoms with E-state index in [1.807, 2.05) is 11.8 Å². The summed E-state index contributed by atoms with van der Waals surface area (Å²) in [4.78, 5) is 0. The van der Waals surface area contributed by atoms with E-state index in [9.17, 15) is 0 Å². The van der Waals surface area contributed by atoms with Crippen molar-refractivity contribution >= 4 is 29.4 Å². The summed E-state index contributed by atoms with van der Waals surface area (Å²) in [6, 6.07) is 0.505. The lowest BCUT2D eigenvalue weighted by Gasteiger charge is -2.00. The topological polar surface area (TPSA) is 51.0 Å². The third kappa shape index (κ3) is 5.61. The van der Waals surface area contributed by atoms with Crippen molar-refractivity contribution in [1.82, 2.24) is 10.2 Å². The van der Waals surface area contributed by atoms with Gasteiger partial charge in [0, 0.05) is 18.8 Å². The molecule has 92 valence electrons. The van der Waals surface area contributed by atoms with Crippen LogP contribution in [0.3, 0.4) is 0 Å². The summed E-state index contributed by atoms with van der Waals surface area (Å²) in [5, 5.41) is 10.9. The second-order valence-electron chi connectivity index (χ2n) is 3.42. The molecule has 0 aliphatic rings. The molecule has 6 heteroatoms. The van der Waals surface area contributed by atoms with Crippen LogP contribution < -0.4 is 5.32 Å². The van der Waals surface area contributed by atoms with Crippen LogP contribution in [0.15, 0.2) is 4.42 Å². The average Bonchev–Trinajstić information content (AvgIpc) is 2.72. The standard InChI is InChI=1S/C10H18ClN3OS/c1-16-8-4-2-3-7-12-10-14-13-9(15-10)5-6-11/h2-8H2,1H3,(H,12,14). The van der Waals surface area contributed by atoms with Crippen molar-refractivity contribution in [3.05, 3.63) is 5.89 Å². The Morgan fingerprint density at radius 2 is 2.19 bits per heavy atom. The second kappa shape index (κ2) is 8.70. The van der Waals surface area contributed by atoms with Gasteiger partial charge in [-0.15, -0.1) is 16.7 Å². The lowest BCUT2D eigenvalue weighted by atomic mass is 10.2. The molecule has 1 aromatic heterocycles. The number of hydrogen-bond donors (Lipinski definition) is 1. The molecule has 0 atom stereocenters. The third-order valence-electron chi connectivity index (χ3n) is 2.08. The van der Waals surface area contributed by atoms with Crippen LogP contribution in [0.2, 0.25) is 0 Å². The zero-order valence-corrected chi connectivity index (χ0v) is 11.1. The Labute approximate surface area is 106 Å². The van der Waals surface area contributed by atoms with Gasteiger partial charge >= 0.3 is 6.01 Å². The lowest BCUT2D eigenvalue weighted by Crippen LogP contribution is -2.01. The minimum Gasteiger partial charge on any atom is -0.408 e. The molecule has 0 aromatic carbocycles. The Morgan fingerprint density at radius 1 is 1.31 bits per heavy atom. The molecule has 0 bridgehead atoms. The van der Waals surface area contributed by atoms with Gasteiger partial charge in [0.1, 0.15) is 0 Å². The maximum atomic E-state index is 5.57. The van der Waals surface area contributed by atoms with Crippen LogP contribution in [-0.4, -0.2) is 34.6 Å². The number of rotatable bonds is 9. The molecular weight excluding hydrogens is 246 g/mol. The first-order chi connectivity index (χ1) is 7.86. The molecule has 1 aromatic rings. The summed E-state index contributed by atoms with van der Waals surface area (Å²) in [5.41, 5.74) is 0. The summed E-state index contributed by atoms with van der Waals surface area (Å²) in [7, 11) is 0. The van der Waals surface area contributed by atoms with Crippen molar-refractivity contribution in [3.63, 3.8) is 0 Å². The Morgan fingerprint density at radius 3 is 2.94 bits per heavy atom. The number of nitrogens with zero attached hydrogens (tertiary/aromatic N) is 2. The van der Waals surface area contributed by atoms with Crippen molar-refractivity contribution in [3.8, 4) is 0 Å². The van der Waals surface area contributed by atoms with Crippen LogP contribution in [0, 0.1) is 0 Å². The monoisotopic (exact) mass is 263 g/mol. The number of aromatic nitrogens is 2. The molecule has 0 spiro atoms. The Hall–Kier alpha value is -0.420.